The van der Waals surface area contributed by atoms with Gasteiger partial charge in [0.1, 0.15) is 11.9 Å². The summed E-state index contributed by atoms with van der Waals surface area (Å²) in [5.74, 6) is 0. The van der Waals surface area contributed by atoms with Crippen LogP contribution in [0.5, 0.6) is 0 Å². The van der Waals surface area contributed by atoms with Crippen molar-refractivity contribution in [2.24, 2.45) is 0 Å². The van der Waals surface area contributed by atoms with E-state index in [-0.39, 0.29) is 12.0 Å². The lowest BCUT2D eigenvalue weighted by Gasteiger charge is -2.17. The Bertz CT molecular complexity index is 691. The molecule has 2 aromatic rings. The molecular weight excluding hydrogens is 289 g/mol. The highest BCUT2D eigenvalue weighted by Crippen LogP contribution is 2.34. The first-order valence-electron chi connectivity index (χ1n) is 5.61. The van der Waals surface area contributed by atoms with Gasteiger partial charge in [-0.1, -0.05) is 0 Å². The van der Waals surface area contributed by atoms with Crippen molar-refractivity contribution in [2.75, 3.05) is 13.0 Å². The summed E-state index contributed by atoms with van der Waals surface area (Å²) >= 11 is 0. The van der Waals surface area contributed by atoms with E-state index in [1.807, 2.05) is 0 Å². The van der Waals surface area contributed by atoms with Gasteiger partial charge in [-0.15, -0.1) is 0 Å². The zero-order valence-electron chi connectivity index (χ0n) is 10.3. The highest BCUT2D eigenvalue weighted by atomic mass is 31.2. The van der Waals surface area contributed by atoms with Gasteiger partial charge >= 0.3 is 7.60 Å². The van der Waals surface area contributed by atoms with E-state index in [0.29, 0.717) is 11.2 Å². The first-order chi connectivity index (χ1) is 9.40. The van der Waals surface area contributed by atoms with Crippen LogP contribution in [-0.4, -0.2) is 53.5 Å². The van der Waals surface area contributed by atoms with E-state index < -0.39 is 26.7 Å². The van der Waals surface area contributed by atoms with Crippen molar-refractivity contribution in [3.8, 4) is 0 Å². The van der Waals surface area contributed by atoms with Crippen LogP contribution in [0.25, 0.3) is 11.2 Å². The van der Waals surface area contributed by atoms with Crippen LogP contribution in [-0.2, 0) is 15.8 Å². The molecule has 0 aliphatic rings. The summed E-state index contributed by atoms with van der Waals surface area (Å²) in [6.45, 7) is -0.398. The number of imidazole rings is 1. The number of nitrogens with one attached hydrogen (secondary N) is 2. The van der Waals surface area contributed by atoms with Crippen molar-refractivity contribution < 1.29 is 24.2 Å². The highest BCUT2D eigenvalue weighted by Gasteiger charge is 2.18. The second kappa shape index (κ2) is 5.81. The monoisotopic (exact) mass is 303 g/mol. The molecule has 1 atom stereocenters. The number of hydrogen-bond donors (Lipinski definition) is 5. The molecule has 0 aromatic carbocycles. The SMILES string of the molecule is N=c1c2[nH]cnc2ncn1C[C@H](CO)OCP(=O)(O)O. The van der Waals surface area contributed by atoms with E-state index in [2.05, 4.69) is 15.0 Å². The van der Waals surface area contributed by atoms with Gasteiger partial charge in [-0.05, 0) is 0 Å². The summed E-state index contributed by atoms with van der Waals surface area (Å²) in [5.41, 5.74) is 0.910. The fraction of sp³-hybridized carbons (Fsp3) is 0.444. The van der Waals surface area contributed by atoms with Gasteiger partial charge in [0.05, 0.1) is 31.9 Å². The molecule has 110 valence electrons. The summed E-state index contributed by atoms with van der Waals surface area (Å²) < 4.78 is 17.1. The summed E-state index contributed by atoms with van der Waals surface area (Å²) in [5, 5.41) is 17.1. The molecule has 20 heavy (non-hydrogen) atoms. The minimum Gasteiger partial charge on any atom is -0.394 e. The Kier molecular flexibility index (Phi) is 4.31. The summed E-state index contributed by atoms with van der Waals surface area (Å²) in [4.78, 5) is 28.1. The standard InChI is InChI=1S/C9H14N5O5P/c10-8-7-9(12-3-11-7)13-4-14(8)1-6(2-15)19-5-20(16,17)18/h3-4,6,10,15H,1-2,5H2,(H,11,12)(H2,16,17,18)/t6-/m1/s1. The zero-order chi connectivity index (χ0) is 14.8. The lowest BCUT2D eigenvalue weighted by atomic mass is 10.3. The number of aliphatic hydroxyl groups is 1. The first kappa shape index (κ1) is 14.8. The Balaban J connectivity index is 2.15. The molecule has 0 saturated carbocycles. The molecule has 0 radical (unpaired) electrons. The summed E-state index contributed by atoms with van der Waals surface area (Å²) in [6.07, 6.45) is 1.13. The molecule has 0 aliphatic carbocycles. The van der Waals surface area contributed by atoms with Crippen LogP contribution in [0.2, 0.25) is 0 Å². The molecule has 0 bridgehead atoms. The van der Waals surface area contributed by atoms with Crippen LogP contribution in [0, 0.1) is 5.41 Å². The molecule has 0 amide bonds. The number of hydrogen-bond acceptors (Lipinski definition) is 6. The molecule has 0 fully saturated rings. The van der Waals surface area contributed by atoms with Crippen LogP contribution in [0.15, 0.2) is 12.7 Å². The second-order valence-corrected chi connectivity index (χ2v) is 5.70. The van der Waals surface area contributed by atoms with Gasteiger partial charge in [-0.2, -0.15) is 0 Å². The van der Waals surface area contributed by atoms with Crippen molar-refractivity contribution in [3.05, 3.63) is 18.1 Å². The highest BCUT2D eigenvalue weighted by molar-refractivity contribution is 7.51. The third-order valence-corrected chi connectivity index (χ3v) is 3.03. The molecule has 2 aromatic heterocycles. The first-order valence-corrected chi connectivity index (χ1v) is 7.40. The molecule has 0 saturated heterocycles. The van der Waals surface area contributed by atoms with Gasteiger partial charge < -0.3 is 29.2 Å². The Morgan fingerprint density at radius 2 is 2.25 bits per heavy atom. The normalized spacial score (nSPS) is 13.8. The molecule has 10 nitrogen and oxygen atoms in total. The number of fused-ring (bicyclic) bond motifs is 1. The predicted octanol–water partition coefficient (Wildman–Crippen LogP) is -1.25. The third-order valence-electron chi connectivity index (χ3n) is 2.55. The number of ether oxygens (including phenoxy) is 1. The van der Waals surface area contributed by atoms with Crippen LogP contribution >= 0.6 is 7.60 Å². The minimum absolute atomic E-state index is 0.0390. The molecular formula is C9H14N5O5P. The zero-order valence-corrected chi connectivity index (χ0v) is 11.2. The fourth-order valence-electron chi connectivity index (χ4n) is 1.61. The van der Waals surface area contributed by atoms with Crippen molar-refractivity contribution in [3.63, 3.8) is 0 Å². The average Bonchev–Trinajstić information content (AvgIpc) is 2.85. The molecule has 11 heteroatoms. The minimum atomic E-state index is -4.30. The van der Waals surface area contributed by atoms with Crippen molar-refractivity contribution in [2.45, 2.75) is 12.6 Å². The third kappa shape index (κ3) is 3.50. The van der Waals surface area contributed by atoms with Crippen LogP contribution in [0.1, 0.15) is 0 Å². The van der Waals surface area contributed by atoms with E-state index in [1.165, 1.54) is 17.2 Å². The summed E-state index contributed by atoms with van der Waals surface area (Å²) in [7, 11) is -4.30. The number of rotatable bonds is 6. The van der Waals surface area contributed by atoms with Gasteiger partial charge in [-0.25, -0.2) is 9.97 Å². The molecule has 0 aliphatic heterocycles. The summed E-state index contributed by atoms with van der Waals surface area (Å²) in [6, 6.07) is 0. The largest absolute Gasteiger partial charge is 0.394 e. The number of aliphatic hydroxyl groups excluding tert-OH is 1. The Labute approximate surface area is 112 Å². The van der Waals surface area contributed by atoms with Gasteiger partial charge in [0.25, 0.3) is 0 Å². The van der Waals surface area contributed by atoms with E-state index in [9.17, 15) is 4.57 Å². The quantitative estimate of drug-likeness (QED) is 0.417. The number of aromatic amines is 1. The lowest BCUT2D eigenvalue weighted by Crippen LogP contribution is -2.31. The van der Waals surface area contributed by atoms with Crippen LogP contribution < -0.4 is 5.49 Å². The van der Waals surface area contributed by atoms with Crippen molar-refractivity contribution in [1.82, 2.24) is 19.5 Å². The van der Waals surface area contributed by atoms with Crippen molar-refractivity contribution >= 4 is 18.8 Å². The van der Waals surface area contributed by atoms with E-state index >= 15 is 0 Å². The molecule has 2 rings (SSSR count). The number of aromatic nitrogens is 4. The van der Waals surface area contributed by atoms with E-state index in [4.69, 9.17) is 25.0 Å². The molecule has 0 spiro atoms. The number of H-pyrrole nitrogens is 1. The van der Waals surface area contributed by atoms with Gasteiger partial charge in [-0.3, -0.25) is 9.97 Å². The molecule has 2 heterocycles. The van der Waals surface area contributed by atoms with Crippen LogP contribution in [0.4, 0.5) is 0 Å². The van der Waals surface area contributed by atoms with Gasteiger partial charge in [0.2, 0.25) is 0 Å². The Morgan fingerprint density at radius 1 is 1.50 bits per heavy atom. The maximum atomic E-state index is 10.7. The fourth-order valence-corrected chi connectivity index (χ4v) is 2.01. The average molecular weight is 303 g/mol. The van der Waals surface area contributed by atoms with Gasteiger partial charge in [0.15, 0.2) is 11.1 Å². The smallest absolute Gasteiger partial charge is 0.350 e. The van der Waals surface area contributed by atoms with Crippen LogP contribution in [0.3, 0.4) is 0 Å². The maximum Gasteiger partial charge on any atom is 0.350 e. The second-order valence-electron chi connectivity index (χ2n) is 4.11. The maximum absolute atomic E-state index is 10.7. The topological polar surface area (TPSA) is 157 Å². The predicted molar refractivity (Wildman–Crippen MR) is 66.6 cm³/mol. The van der Waals surface area contributed by atoms with Crippen molar-refractivity contribution in [1.29, 1.82) is 5.41 Å². The number of nitrogens with zero attached hydrogens (tertiary/aromatic N) is 3. The van der Waals surface area contributed by atoms with E-state index in [1.54, 1.807) is 0 Å². The Hall–Kier alpha value is -1.58. The molecule has 0 unspecified atom stereocenters. The van der Waals surface area contributed by atoms with E-state index in [0.717, 1.165) is 0 Å². The lowest BCUT2D eigenvalue weighted by molar-refractivity contribution is 0.0188. The van der Waals surface area contributed by atoms with Gasteiger partial charge in [0, 0.05) is 0 Å². The Morgan fingerprint density at radius 3 is 2.90 bits per heavy atom. The molecule has 5 N–H and O–H groups in total.